The molecular formula is C32H37FN4O2. The van der Waals surface area contributed by atoms with E-state index in [1.54, 1.807) is 0 Å². The molecule has 3 aromatic carbocycles. The second-order valence-electron chi connectivity index (χ2n) is 10.0. The lowest BCUT2D eigenvalue weighted by Crippen LogP contribution is -2.47. The molecule has 0 unspecified atom stereocenters. The fraction of sp³-hybridized carbons (Fsp3) is 0.344. The van der Waals surface area contributed by atoms with Gasteiger partial charge >= 0.3 is 0 Å². The number of piperazine rings is 1. The van der Waals surface area contributed by atoms with Crippen LogP contribution in [0, 0.1) is 5.82 Å². The molecule has 1 saturated heterocycles. The number of rotatable bonds is 12. The second-order valence-corrected chi connectivity index (χ2v) is 10.0. The van der Waals surface area contributed by atoms with Crippen LogP contribution in [0.1, 0.15) is 24.7 Å². The summed E-state index contributed by atoms with van der Waals surface area (Å²) in [4.78, 5) is 7.26. The van der Waals surface area contributed by atoms with E-state index in [2.05, 4.69) is 38.9 Å². The van der Waals surface area contributed by atoms with Gasteiger partial charge in [-0.1, -0.05) is 42.4 Å². The Labute approximate surface area is 230 Å². The molecule has 0 aliphatic carbocycles. The molecule has 1 aromatic heterocycles. The summed E-state index contributed by atoms with van der Waals surface area (Å²) in [5.41, 5.74) is 4.11. The Kier molecular flexibility index (Phi) is 9.25. The maximum Gasteiger partial charge on any atom is 0.151 e. The molecule has 0 atom stereocenters. The van der Waals surface area contributed by atoms with Crippen LogP contribution < -0.4 is 9.64 Å². The predicted molar refractivity (Wildman–Crippen MR) is 153 cm³/mol. The van der Waals surface area contributed by atoms with Crippen molar-refractivity contribution in [2.75, 3.05) is 50.7 Å². The van der Waals surface area contributed by atoms with Gasteiger partial charge in [-0.2, -0.15) is 0 Å². The van der Waals surface area contributed by atoms with Gasteiger partial charge in [0, 0.05) is 43.5 Å². The average molecular weight is 529 g/mol. The van der Waals surface area contributed by atoms with E-state index >= 15 is 0 Å². The van der Waals surface area contributed by atoms with E-state index in [0.717, 1.165) is 92.8 Å². The fourth-order valence-electron chi connectivity index (χ4n) is 4.96. The summed E-state index contributed by atoms with van der Waals surface area (Å²) < 4.78 is 24.8. The van der Waals surface area contributed by atoms with Crippen LogP contribution in [0.4, 0.5) is 10.1 Å². The van der Waals surface area contributed by atoms with Gasteiger partial charge in [-0.05, 0) is 80.1 Å². The summed E-state index contributed by atoms with van der Waals surface area (Å²) in [6, 6.07) is 27.0. The molecule has 1 aliphatic rings. The molecule has 1 aliphatic heterocycles. The van der Waals surface area contributed by atoms with Gasteiger partial charge in [-0.15, -0.1) is 0 Å². The molecule has 0 saturated carbocycles. The van der Waals surface area contributed by atoms with E-state index in [1.165, 1.54) is 12.1 Å². The van der Waals surface area contributed by atoms with Gasteiger partial charge in [-0.3, -0.25) is 9.80 Å². The van der Waals surface area contributed by atoms with Crippen molar-refractivity contribution in [1.82, 2.24) is 15.0 Å². The number of benzene rings is 3. The first-order valence-corrected chi connectivity index (χ1v) is 13.8. The Hall–Kier alpha value is -3.68. The highest BCUT2D eigenvalue weighted by Crippen LogP contribution is 2.24. The zero-order valence-corrected chi connectivity index (χ0v) is 22.6. The number of hydrogen-bond donors (Lipinski definition) is 0. The minimum Gasteiger partial charge on any atom is -0.489 e. The third-order valence-corrected chi connectivity index (χ3v) is 7.30. The molecule has 7 heteroatoms. The summed E-state index contributed by atoms with van der Waals surface area (Å²) in [5.74, 6) is 1.53. The summed E-state index contributed by atoms with van der Waals surface area (Å²) in [7, 11) is 0. The Morgan fingerprint density at radius 1 is 0.923 bits per heavy atom. The normalized spacial score (nSPS) is 14.2. The number of hydrogen-bond acceptors (Lipinski definition) is 6. The topological polar surface area (TPSA) is 45.0 Å². The molecule has 6 nitrogen and oxygen atoms in total. The van der Waals surface area contributed by atoms with Crippen molar-refractivity contribution in [1.29, 1.82) is 0 Å². The van der Waals surface area contributed by atoms with Crippen molar-refractivity contribution in [3.05, 3.63) is 102 Å². The van der Waals surface area contributed by atoms with E-state index in [9.17, 15) is 4.39 Å². The van der Waals surface area contributed by atoms with Crippen LogP contribution in [0.3, 0.4) is 0 Å². The lowest BCUT2D eigenvalue weighted by molar-refractivity contribution is 0.206. The van der Waals surface area contributed by atoms with Crippen LogP contribution in [0.5, 0.6) is 5.75 Å². The third kappa shape index (κ3) is 7.68. The molecule has 204 valence electrons. The Balaban J connectivity index is 1.04. The van der Waals surface area contributed by atoms with Gasteiger partial charge in [-0.25, -0.2) is 4.39 Å². The van der Waals surface area contributed by atoms with Crippen LogP contribution >= 0.6 is 0 Å². The van der Waals surface area contributed by atoms with Crippen LogP contribution in [-0.2, 0) is 13.2 Å². The molecule has 39 heavy (non-hydrogen) atoms. The van der Waals surface area contributed by atoms with Gasteiger partial charge < -0.3 is 14.2 Å². The molecule has 0 amide bonds. The highest BCUT2D eigenvalue weighted by atomic mass is 19.1. The SMILES string of the molecule is CCN(CCCN1CCN(c2ccc(F)cc2)CC1)Cc1cc(-c2ccc(OCc3ccccc3)cc2)no1. The minimum atomic E-state index is -0.182. The van der Waals surface area contributed by atoms with Crippen molar-refractivity contribution >= 4 is 5.69 Å². The van der Waals surface area contributed by atoms with Crippen molar-refractivity contribution in [3.63, 3.8) is 0 Å². The molecule has 1 fully saturated rings. The van der Waals surface area contributed by atoms with Crippen molar-refractivity contribution in [3.8, 4) is 17.0 Å². The molecule has 4 aromatic rings. The molecule has 0 N–H and O–H groups in total. The van der Waals surface area contributed by atoms with Crippen molar-refractivity contribution in [2.45, 2.75) is 26.5 Å². The zero-order valence-electron chi connectivity index (χ0n) is 22.6. The van der Waals surface area contributed by atoms with Crippen LogP contribution in [0.2, 0.25) is 0 Å². The van der Waals surface area contributed by atoms with Gasteiger partial charge in [0.1, 0.15) is 23.9 Å². The first kappa shape index (κ1) is 26.9. The second kappa shape index (κ2) is 13.4. The molecule has 0 spiro atoms. The smallest absolute Gasteiger partial charge is 0.151 e. The number of ether oxygens (including phenoxy) is 1. The van der Waals surface area contributed by atoms with Crippen LogP contribution in [0.25, 0.3) is 11.3 Å². The lowest BCUT2D eigenvalue weighted by Gasteiger charge is -2.36. The third-order valence-electron chi connectivity index (χ3n) is 7.30. The highest BCUT2D eigenvalue weighted by Gasteiger charge is 2.17. The van der Waals surface area contributed by atoms with E-state index in [0.29, 0.717) is 6.61 Å². The first-order valence-electron chi connectivity index (χ1n) is 13.8. The standard InChI is InChI=1S/C32H37FN4O2/c1-2-35(17-6-18-36-19-21-37(22-20-36)29-13-11-28(33)12-14-29)24-31-23-32(34-39-31)27-9-15-30(16-10-27)38-25-26-7-4-3-5-8-26/h3-5,7-16,23H,2,6,17-22,24-25H2,1H3. The summed E-state index contributed by atoms with van der Waals surface area (Å²) in [6.07, 6.45) is 1.11. The number of nitrogens with zero attached hydrogens (tertiary/aromatic N) is 4. The average Bonchev–Trinajstić information content (AvgIpc) is 3.46. The van der Waals surface area contributed by atoms with E-state index in [1.807, 2.05) is 60.7 Å². The molecule has 0 bridgehead atoms. The molecule has 0 radical (unpaired) electrons. The maximum atomic E-state index is 13.2. The van der Waals surface area contributed by atoms with Gasteiger partial charge in [0.05, 0.1) is 6.54 Å². The van der Waals surface area contributed by atoms with Crippen LogP contribution in [-0.4, -0.2) is 60.8 Å². The lowest BCUT2D eigenvalue weighted by atomic mass is 10.1. The van der Waals surface area contributed by atoms with Gasteiger partial charge in [0.2, 0.25) is 0 Å². The van der Waals surface area contributed by atoms with Crippen LogP contribution in [0.15, 0.2) is 89.5 Å². The fourth-order valence-corrected chi connectivity index (χ4v) is 4.96. The number of halogens is 1. The molecule has 2 heterocycles. The molecular weight excluding hydrogens is 491 g/mol. The van der Waals surface area contributed by atoms with E-state index in [4.69, 9.17) is 9.26 Å². The first-order chi connectivity index (χ1) is 19.2. The summed E-state index contributed by atoms with van der Waals surface area (Å²) >= 11 is 0. The maximum absolute atomic E-state index is 13.2. The summed E-state index contributed by atoms with van der Waals surface area (Å²) in [5, 5.41) is 4.31. The van der Waals surface area contributed by atoms with Gasteiger partial charge in [0.15, 0.2) is 5.76 Å². The van der Waals surface area contributed by atoms with Gasteiger partial charge in [0.25, 0.3) is 0 Å². The zero-order chi connectivity index (χ0) is 26.9. The number of aromatic nitrogens is 1. The summed E-state index contributed by atoms with van der Waals surface area (Å²) in [6.45, 7) is 10.6. The minimum absolute atomic E-state index is 0.182. The quantitative estimate of drug-likeness (QED) is 0.222. The Morgan fingerprint density at radius 3 is 2.38 bits per heavy atom. The Bertz CT molecular complexity index is 1270. The van der Waals surface area contributed by atoms with E-state index in [-0.39, 0.29) is 5.82 Å². The predicted octanol–water partition coefficient (Wildman–Crippen LogP) is 6.09. The monoisotopic (exact) mass is 528 g/mol. The van der Waals surface area contributed by atoms with Crippen molar-refractivity contribution < 1.29 is 13.7 Å². The molecule has 5 rings (SSSR count). The largest absolute Gasteiger partial charge is 0.489 e. The van der Waals surface area contributed by atoms with Crippen molar-refractivity contribution in [2.24, 2.45) is 0 Å². The number of anilines is 1. The highest BCUT2D eigenvalue weighted by molar-refractivity contribution is 5.59. The van der Waals surface area contributed by atoms with E-state index < -0.39 is 0 Å². The Morgan fingerprint density at radius 2 is 1.67 bits per heavy atom.